The minimum atomic E-state index is -0.299. The summed E-state index contributed by atoms with van der Waals surface area (Å²) in [5.74, 6) is -0.0541. The molecule has 0 bridgehead atoms. The Morgan fingerprint density at radius 2 is 2.10 bits per heavy atom. The zero-order valence-electron chi connectivity index (χ0n) is 11.2. The van der Waals surface area contributed by atoms with Crippen molar-refractivity contribution in [1.82, 2.24) is 0 Å². The molecule has 0 fully saturated rings. The lowest BCUT2D eigenvalue weighted by Crippen LogP contribution is -2.32. The van der Waals surface area contributed by atoms with Crippen LogP contribution in [-0.4, -0.2) is 17.1 Å². The van der Waals surface area contributed by atoms with Gasteiger partial charge in [-0.25, -0.2) is 0 Å². The zero-order valence-corrected chi connectivity index (χ0v) is 11.2. The van der Waals surface area contributed by atoms with Crippen molar-refractivity contribution in [2.24, 2.45) is 0 Å². The van der Waals surface area contributed by atoms with Crippen LogP contribution >= 0.6 is 0 Å². The summed E-state index contributed by atoms with van der Waals surface area (Å²) < 4.78 is 0. The molecule has 0 radical (unpaired) electrons. The van der Waals surface area contributed by atoms with Crippen molar-refractivity contribution in [2.45, 2.75) is 19.4 Å². The zero-order chi connectivity index (χ0) is 14.1. The monoisotopic (exact) mass is 268 g/mol. The average molecular weight is 268 g/mol. The lowest BCUT2D eigenvalue weighted by molar-refractivity contribution is -0.116. The van der Waals surface area contributed by atoms with Crippen LogP contribution in [0.3, 0.4) is 0 Å². The van der Waals surface area contributed by atoms with Gasteiger partial charge in [0.1, 0.15) is 11.8 Å². The van der Waals surface area contributed by atoms with Gasteiger partial charge in [-0.3, -0.25) is 4.79 Å². The molecule has 4 heteroatoms. The molecule has 1 amide bonds. The van der Waals surface area contributed by atoms with Crippen molar-refractivity contribution < 1.29 is 9.90 Å². The molecule has 0 unspecified atom stereocenters. The molecule has 1 aliphatic heterocycles. The first-order chi connectivity index (χ1) is 9.63. The van der Waals surface area contributed by atoms with E-state index >= 15 is 0 Å². The number of phenols is 1. The normalized spacial score (nSPS) is 16.4. The molecule has 3 N–H and O–H groups in total. The SMILES string of the molecule is Cc1ccc(O)c(NC(=O)[C@@H]2Cc3ccccc3N2)c1. The Balaban J connectivity index is 1.74. The molecule has 4 nitrogen and oxygen atoms in total. The number of hydrogen-bond donors (Lipinski definition) is 3. The number of nitrogens with one attached hydrogen (secondary N) is 2. The molecule has 0 aromatic heterocycles. The van der Waals surface area contributed by atoms with E-state index in [0.717, 1.165) is 16.8 Å². The highest BCUT2D eigenvalue weighted by molar-refractivity contribution is 5.99. The van der Waals surface area contributed by atoms with Crippen LogP contribution in [0.2, 0.25) is 0 Å². The third-order valence-electron chi connectivity index (χ3n) is 3.50. The fourth-order valence-corrected chi connectivity index (χ4v) is 2.43. The number of aryl methyl sites for hydroxylation is 1. The maximum Gasteiger partial charge on any atom is 0.247 e. The van der Waals surface area contributed by atoms with Gasteiger partial charge in [-0.05, 0) is 36.2 Å². The van der Waals surface area contributed by atoms with Gasteiger partial charge >= 0.3 is 0 Å². The van der Waals surface area contributed by atoms with E-state index in [2.05, 4.69) is 10.6 Å². The topological polar surface area (TPSA) is 61.4 Å². The van der Waals surface area contributed by atoms with Gasteiger partial charge < -0.3 is 15.7 Å². The number of carbonyl (C=O) groups excluding carboxylic acids is 1. The van der Waals surface area contributed by atoms with E-state index in [0.29, 0.717) is 12.1 Å². The Labute approximate surface area is 117 Å². The van der Waals surface area contributed by atoms with Crippen molar-refractivity contribution in [3.05, 3.63) is 53.6 Å². The van der Waals surface area contributed by atoms with Crippen molar-refractivity contribution in [2.75, 3.05) is 10.6 Å². The van der Waals surface area contributed by atoms with E-state index in [4.69, 9.17) is 0 Å². The summed E-state index contributed by atoms with van der Waals surface area (Å²) in [5, 5.41) is 15.7. The van der Waals surface area contributed by atoms with E-state index in [9.17, 15) is 9.90 Å². The van der Waals surface area contributed by atoms with Gasteiger partial charge in [0.2, 0.25) is 5.91 Å². The molecule has 1 aliphatic rings. The van der Waals surface area contributed by atoms with Gasteiger partial charge in [-0.2, -0.15) is 0 Å². The fourth-order valence-electron chi connectivity index (χ4n) is 2.43. The Hall–Kier alpha value is -2.49. The minimum absolute atomic E-state index is 0.0828. The number of para-hydroxylation sites is 1. The van der Waals surface area contributed by atoms with Crippen LogP contribution in [0.1, 0.15) is 11.1 Å². The van der Waals surface area contributed by atoms with Crippen LogP contribution in [0.25, 0.3) is 0 Å². The lowest BCUT2D eigenvalue weighted by atomic mass is 10.1. The maximum atomic E-state index is 12.3. The number of rotatable bonds is 2. The van der Waals surface area contributed by atoms with Gasteiger partial charge in [0.15, 0.2) is 0 Å². The molecule has 0 spiro atoms. The van der Waals surface area contributed by atoms with Crippen LogP contribution < -0.4 is 10.6 Å². The van der Waals surface area contributed by atoms with Gasteiger partial charge in [-0.15, -0.1) is 0 Å². The van der Waals surface area contributed by atoms with Gasteiger partial charge in [0.25, 0.3) is 0 Å². The van der Waals surface area contributed by atoms with Crippen molar-refractivity contribution in [3.8, 4) is 5.75 Å². The minimum Gasteiger partial charge on any atom is -0.506 e. The Morgan fingerprint density at radius 3 is 2.90 bits per heavy atom. The molecular weight excluding hydrogens is 252 g/mol. The fraction of sp³-hybridized carbons (Fsp3) is 0.188. The number of carbonyl (C=O) groups is 1. The summed E-state index contributed by atoms with van der Waals surface area (Å²) >= 11 is 0. The Morgan fingerprint density at radius 1 is 1.30 bits per heavy atom. The second-order valence-corrected chi connectivity index (χ2v) is 5.07. The second-order valence-electron chi connectivity index (χ2n) is 5.07. The highest BCUT2D eigenvalue weighted by atomic mass is 16.3. The van der Waals surface area contributed by atoms with Gasteiger partial charge in [0, 0.05) is 12.1 Å². The Kier molecular flexibility index (Phi) is 3.06. The molecule has 0 saturated carbocycles. The molecule has 2 aromatic carbocycles. The van der Waals surface area contributed by atoms with Crippen LogP contribution in [0, 0.1) is 6.92 Å². The predicted molar refractivity (Wildman–Crippen MR) is 79.0 cm³/mol. The summed E-state index contributed by atoms with van der Waals surface area (Å²) in [6.45, 7) is 1.92. The molecule has 0 aliphatic carbocycles. The summed E-state index contributed by atoms with van der Waals surface area (Å²) in [7, 11) is 0. The second kappa shape index (κ2) is 4.89. The number of aromatic hydroxyl groups is 1. The molecule has 102 valence electrons. The van der Waals surface area contributed by atoms with E-state index in [1.807, 2.05) is 31.2 Å². The van der Waals surface area contributed by atoms with Crippen LogP contribution in [0.4, 0.5) is 11.4 Å². The van der Waals surface area contributed by atoms with Gasteiger partial charge in [-0.1, -0.05) is 24.3 Å². The number of hydrogen-bond acceptors (Lipinski definition) is 3. The molecule has 1 heterocycles. The molecular formula is C16H16N2O2. The summed E-state index contributed by atoms with van der Waals surface area (Å²) in [4.78, 5) is 12.3. The number of fused-ring (bicyclic) bond motifs is 1. The molecule has 2 aromatic rings. The summed E-state index contributed by atoms with van der Waals surface area (Å²) in [6.07, 6.45) is 0.661. The standard InChI is InChI=1S/C16H16N2O2/c1-10-6-7-15(19)13(8-10)18-16(20)14-9-11-4-2-3-5-12(11)17-14/h2-8,14,17,19H,9H2,1H3,(H,18,20)/t14-/m0/s1. The third kappa shape index (κ3) is 2.32. The van der Waals surface area contributed by atoms with Crippen molar-refractivity contribution in [3.63, 3.8) is 0 Å². The van der Waals surface area contributed by atoms with E-state index in [1.165, 1.54) is 0 Å². The van der Waals surface area contributed by atoms with E-state index < -0.39 is 0 Å². The number of amides is 1. The van der Waals surface area contributed by atoms with Crippen LogP contribution in [0.15, 0.2) is 42.5 Å². The summed E-state index contributed by atoms with van der Waals surface area (Å²) in [5.41, 5.74) is 3.58. The largest absolute Gasteiger partial charge is 0.506 e. The highest BCUT2D eigenvalue weighted by Crippen LogP contribution is 2.28. The lowest BCUT2D eigenvalue weighted by Gasteiger charge is -2.13. The quantitative estimate of drug-likeness (QED) is 0.734. The summed E-state index contributed by atoms with van der Waals surface area (Å²) in [6, 6.07) is 12.7. The molecule has 20 heavy (non-hydrogen) atoms. The number of anilines is 2. The first-order valence-corrected chi connectivity index (χ1v) is 6.58. The third-order valence-corrected chi connectivity index (χ3v) is 3.50. The van der Waals surface area contributed by atoms with E-state index in [1.54, 1.807) is 18.2 Å². The highest BCUT2D eigenvalue weighted by Gasteiger charge is 2.26. The maximum absolute atomic E-state index is 12.3. The molecule has 1 atom stereocenters. The molecule has 0 saturated heterocycles. The van der Waals surface area contributed by atoms with E-state index in [-0.39, 0.29) is 17.7 Å². The van der Waals surface area contributed by atoms with Gasteiger partial charge in [0.05, 0.1) is 5.69 Å². The molecule has 3 rings (SSSR count). The van der Waals surface area contributed by atoms with Crippen molar-refractivity contribution in [1.29, 1.82) is 0 Å². The predicted octanol–water partition coefficient (Wildman–Crippen LogP) is 2.68. The van der Waals surface area contributed by atoms with Crippen LogP contribution in [0.5, 0.6) is 5.75 Å². The smallest absolute Gasteiger partial charge is 0.247 e. The Bertz CT molecular complexity index is 642. The van der Waals surface area contributed by atoms with Crippen molar-refractivity contribution >= 4 is 17.3 Å². The first-order valence-electron chi connectivity index (χ1n) is 6.58. The average Bonchev–Trinajstić information content (AvgIpc) is 2.87. The van der Waals surface area contributed by atoms with Crippen LogP contribution in [-0.2, 0) is 11.2 Å². The first kappa shape index (κ1) is 12.5. The number of benzene rings is 2. The number of phenolic OH excluding ortho intramolecular Hbond substituents is 1.